The standard InChI is InChI=1S/C11H12FNO2/c1-15-10-6-5-8(7-9(10)12)3-2-4-11(13)14/h2-3,5-7H,4H2,1H3,(H2,13,14). The van der Waals surface area contributed by atoms with Crippen molar-refractivity contribution >= 4 is 12.0 Å². The maximum Gasteiger partial charge on any atom is 0.221 e. The summed E-state index contributed by atoms with van der Waals surface area (Å²) in [6, 6.07) is 4.55. The van der Waals surface area contributed by atoms with Crippen molar-refractivity contribution in [3.63, 3.8) is 0 Å². The Labute approximate surface area is 87.3 Å². The van der Waals surface area contributed by atoms with Gasteiger partial charge < -0.3 is 10.5 Å². The molecule has 0 bridgehead atoms. The number of methoxy groups -OCH3 is 1. The average Bonchev–Trinajstić information content (AvgIpc) is 2.17. The van der Waals surface area contributed by atoms with Crippen molar-refractivity contribution < 1.29 is 13.9 Å². The second-order valence-corrected chi connectivity index (χ2v) is 2.97. The van der Waals surface area contributed by atoms with Gasteiger partial charge in [0.1, 0.15) is 0 Å². The van der Waals surface area contributed by atoms with Crippen LogP contribution in [0.5, 0.6) is 5.75 Å². The number of halogens is 1. The molecule has 0 atom stereocenters. The zero-order chi connectivity index (χ0) is 11.3. The van der Waals surface area contributed by atoms with Gasteiger partial charge in [-0.25, -0.2) is 4.39 Å². The molecule has 0 fully saturated rings. The second kappa shape index (κ2) is 5.14. The first-order valence-corrected chi connectivity index (χ1v) is 4.42. The molecule has 2 N–H and O–H groups in total. The van der Waals surface area contributed by atoms with E-state index < -0.39 is 11.7 Å². The Morgan fingerprint density at radius 1 is 1.60 bits per heavy atom. The van der Waals surface area contributed by atoms with Gasteiger partial charge in [0.2, 0.25) is 5.91 Å². The Balaban J connectivity index is 2.75. The molecule has 1 aromatic carbocycles. The monoisotopic (exact) mass is 209 g/mol. The van der Waals surface area contributed by atoms with Gasteiger partial charge in [0.05, 0.1) is 7.11 Å². The first-order chi connectivity index (χ1) is 7.13. The number of hydrogen-bond acceptors (Lipinski definition) is 2. The predicted octanol–water partition coefficient (Wildman–Crippen LogP) is 1.72. The van der Waals surface area contributed by atoms with Crippen LogP contribution in [0.1, 0.15) is 12.0 Å². The minimum absolute atomic E-state index is 0.146. The van der Waals surface area contributed by atoms with Crippen LogP contribution in [-0.4, -0.2) is 13.0 Å². The van der Waals surface area contributed by atoms with Gasteiger partial charge in [-0.05, 0) is 17.7 Å². The van der Waals surface area contributed by atoms with Crippen LogP contribution in [0.25, 0.3) is 6.08 Å². The number of nitrogens with two attached hydrogens (primary N) is 1. The number of primary amides is 1. The fourth-order valence-corrected chi connectivity index (χ4v) is 1.10. The average molecular weight is 209 g/mol. The minimum Gasteiger partial charge on any atom is -0.494 e. The van der Waals surface area contributed by atoms with Crippen LogP contribution < -0.4 is 10.5 Å². The molecule has 0 heterocycles. The highest BCUT2D eigenvalue weighted by molar-refractivity contribution is 5.76. The van der Waals surface area contributed by atoms with Gasteiger partial charge in [0.15, 0.2) is 11.6 Å². The van der Waals surface area contributed by atoms with Gasteiger partial charge in [-0.15, -0.1) is 0 Å². The minimum atomic E-state index is -0.432. The summed E-state index contributed by atoms with van der Waals surface area (Å²) in [6.45, 7) is 0. The normalized spacial score (nSPS) is 10.5. The van der Waals surface area contributed by atoms with Crippen LogP contribution in [0.4, 0.5) is 4.39 Å². The van der Waals surface area contributed by atoms with Crippen LogP contribution in [0.15, 0.2) is 24.3 Å². The zero-order valence-electron chi connectivity index (χ0n) is 8.37. The lowest BCUT2D eigenvalue weighted by Crippen LogP contribution is -2.07. The molecular formula is C11H12FNO2. The topological polar surface area (TPSA) is 52.3 Å². The van der Waals surface area contributed by atoms with Gasteiger partial charge in [0, 0.05) is 6.42 Å². The molecule has 1 aromatic rings. The quantitative estimate of drug-likeness (QED) is 0.820. The van der Waals surface area contributed by atoms with Crippen molar-refractivity contribution in [1.29, 1.82) is 0 Å². The van der Waals surface area contributed by atoms with Crippen molar-refractivity contribution in [1.82, 2.24) is 0 Å². The summed E-state index contributed by atoms with van der Waals surface area (Å²) in [4.78, 5) is 10.4. The van der Waals surface area contributed by atoms with E-state index in [1.807, 2.05) is 0 Å². The molecule has 15 heavy (non-hydrogen) atoms. The molecule has 0 aromatic heterocycles. The number of hydrogen-bond donors (Lipinski definition) is 1. The fraction of sp³-hybridized carbons (Fsp3) is 0.182. The predicted molar refractivity (Wildman–Crippen MR) is 55.8 cm³/mol. The van der Waals surface area contributed by atoms with E-state index >= 15 is 0 Å². The van der Waals surface area contributed by atoms with Crippen molar-refractivity contribution in [2.45, 2.75) is 6.42 Å². The molecule has 0 aliphatic heterocycles. The smallest absolute Gasteiger partial charge is 0.221 e. The summed E-state index contributed by atoms with van der Waals surface area (Å²) in [6.07, 6.45) is 3.37. The van der Waals surface area contributed by atoms with E-state index in [-0.39, 0.29) is 12.2 Å². The molecule has 0 radical (unpaired) electrons. The molecule has 80 valence electrons. The van der Waals surface area contributed by atoms with Gasteiger partial charge >= 0.3 is 0 Å². The highest BCUT2D eigenvalue weighted by atomic mass is 19.1. The molecule has 0 unspecified atom stereocenters. The van der Waals surface area contributed by atoms with Crippen molar-refractivity contribution in [2.75, 3.05) is 7.11 Å². The number of carbonyl (C=O) groups is 1. The second-order valence-electron chi connectivity index (χ2n) is 2.97. The van der Waals surface area contributed by atoms with E-state index in [4.69, 9.17) is 10.5 Å². The summed E-state index contributed by atoms with van der Waals surface area (Å²) in [7, 11) is 1.40. The van der Waals surface area contributed by atoms with Crippen LogP contribution >= 0.6 is 0 Å². The molecule has 1 amide bonds. The molecule has 1 rings (SSSR count). The molecule has 4 heteroatoms. The first-order valence-electron chi connectivity index (χ1n) is 4.42. The summed E-state index contributed by atoms with van der Waals surface area (Å²) < 4.78 is 18.0. The number of rotatable bonds is 4. The SMILES string of the molecule is COc1ccc(C=CCC(N)=O)cc1F. The van der Waals surface area contributed by atoms with Crippen LogP contribution in [-0.2, 0) is 4.79 Å². The van der Waals surface area contributed by atoms with Crippen molar-refractivity contribution in [3.8, 4) is 5.75 Å². The van der Waals surface area contributed by atoms with Crippen LogP contribution in [0, 0.1) is 5.82 Å². The largest absolute Gasteiger partial charge is 0.494 e. The number of benzene rings is 1. The number of ether oxygens (including phenoxy) is 1. The summed E-state index contributed by atoms with van der Waals surface area (Å²) in [5.41, 5.74) is 5.61. The highest BCUT2D eigenvalue weighted by Gasteiger charge is 2.00. The van der Waals surface area contributed by atoms with Gasteiger partial charge in [-0.3, -0.25) is 4.79 Å². The van der Waals surface area contributed by atoms with E-state index in [0.29, 0.717) is 5.56 Å². The van der Waals surface area contributed by atoms with E-state index in [1.54, 1.807) is 18.2 Å². The Kier molecular flexibility index (Phi) is 3.85. The van der Waals surface area contributed by atoms with Crippen LogP contribution in [0.3, 0.4) is 0 Å². The number of amides is 1. The molecule has 0 saturated carbocycles. The van der Waals surface area contributed by atoms with E-state index in [1.165, 1.54) is 19.2 Å². The molecule has 3 nitrogen and oxygen atoms in total. The summed E-state index contributed by atoms with van der Waals surface area (Å²) in [5.74, 6) is -0.652. The fourth-order valence-electron chi connectivity index (χ4n) is 1.10. The Morgan fingerprint density at radius 3 is 2.87 bits per heavy atom. The zero-order valence-corrected chi connectivity index (χ0v) is 8.37. The van der Waals surface area contributed by atoms with E-state index in [2.05, 4.69) is 0 Å². The molecule has 0 saturated heterocycles. The lowest BCUT2D eigenvalue weighted by Gasteiger charge is -2.01. The van der Waals surface area contributed by atoms with Crippen molar-refractivity contribution in [2.24, 2.45) is 5.73 Å². The molecular weight excluding hydrogens is 197 g/mol. The molecule has 0 aliphatic rings. The van der Waals surface area contributed by atoms with Gasteiger partial charge in [-0.2, -0.15) is 0 Å². The van der Waals surface area contributed by atoms with Gasteiger partial charge in [-0.1, -0.05) is 18.2 Å². The third kappa shape index (κ3) is 3.42. The first kappa shape index (κ1) is 11.2. The lowest BCUT2D eigenvalue weighted by molar-refractivity contribution is -0.117. The maximum absolute atomic E-state index is 13.2. The van der Waals surface area contributed by atoms with E-state index in [0.717, 1.165) is 0 Å². The Morgan fingerprint density at radius 2 is 2.33 bits per heavy atom. The summed E-state index contributed by atoms with van der Waals surface area (Å²) in [5, 5.41) is 0. The van der Waals surface area contributed by atoms with Gasteiger partial charge in [0.25, 0.3) is 0 Å². The lowest BCUT2D eigenvalue weighted by atomic mass is 10.2. The molecule has 0 aliphatic carbocycles. The van der Waals surface area contributed by atoms with Crippen molar-refractivity contribution in [3.05, 3.63) is 35.7 Å². The maximum atomic E-state index is 13.2. The number of carbonyl (C=O) groups excluding carboxylic acids is 1. The Bertz CT molecular complexity index is 388. The Hall–Kier alpha value is -1.84. The van der Waals surface area contributed by atoms with E-state index in [9.17, 15) is 9.18 Å². The summed E-state index contributed by atoms with van der Waals surface area (Å²) >= 11 is 0. The third-order valence-electron chi connectivity index (χ3n) is 1.81. The van der Waals surface area contributed by atoms with Crippen LogP contribution in [0.2, 0.25) is 0 Å². The highest BCUT2D eigenvalue weighted by Crippen LogP contribution is 2.18. The molecule has 0 spiro atoms. The third-order valence-corrected chi connectivity index (χ3v) is 1.81.